The number of rotatable bonds is 7. The van der Waals surface area contributed by atoms with E-state index in [9.17, 15) is 10.1 Å². The Kier molecular flexibility index (Phi) is 6.90. The van der Waals surface area contributed by atoms with Crippen molar-refractivity contribution < 1.29 is 9.13 Å². The number of hydrogen-bond acceptors (Lipinski definition) is 9. The van der Waals surface area contributed by atoms with Gasteiger partial charge in [-0.25, -0.2) is 19.3 Å². The van der Waals surface area contributed by atoms with Crippen molar-refractivity contribution in [2.24, 2.45) is 0 Å². The molecule has 198 valence electrons. The summed E-state index contributed by atoms with van der Waals surface area (Å²) in [6.07, 6.45) is 1.21. The van der Waals surface area contributed by atoms with Gasteiger partial charge in [0.05, 0.1) is 41.0 Å². The number of nitrogens with two attached hydrogens (primary N) is 1. The zero-order valence-electron chi connectivity index (χ0n) is 21.5. The molecule has 40 heavy (non-hydrogen) atoms. The van der Waals surface area contributed by atoms with Crippen molar-refractivity contribution in [2.75, 3.05) is 18.2 Å². The van der Waals surface area contributed by atoms with Gasteiger partial charge < -0.3 is 15.8 Å². The van der Waals surface area contributed by atoms with Gasteiger partial charge in [-0.3, -0.25) is 14.8 Å². The van der Waals surface area contributed by atoms with E-state index in [4.69, 9.17) is 20.9 Å². The fraction of sp³-hybridized carbons (Fsp3) is 0.103. The second kappa shape index (κ2) is 10.6. The maximum atomic E-state index is 15.3. The van der Waals surface area contributed by atoms with Gasteiger partial charge in [-0.1, -0.05) is 30.3 Å². The molecule has 0 amide bonds. The van der Waals surface area contributed by atoms with E-state index in [0.29, 0.717) is 22.4 Å². The van der Waals surface area contributed by atoms with E-state index in [2.05, 4.69) is 15.3 Å². The lowest BCUT2D eigenvalue weighted by Gasteiger charge is -2.22. The topological polar surface area (TPSA) is 156 Å². The van der Waals surface area contributed by atoms with Gasteiger partial charge >= 0.3 is 0 Å². The number of fused-ring (bicyclic) bond motifs is 1. The highest BCUT2D eigenvalue weighted by Gasteiger charge is 2.25. The van der Waals surface area contributed by atoms with Crippen LogP contribution in [0.4, 0.5) is 16.0 Å². The number of para-hydroxylation sites is 2. The highest BCUT2D eigenvalue weighted by molar-refractivity contribution is 6.16. The molecule has 5 aromatic rings. The van der Waals surface area contributed by atoms with Gasteiger partial charge in [0.25, 0.3) is 5.56 Å². The Morgan fingerprint density at radius 3 is 2.58 bits per heavy atom. The lowest BCUT2D eigenvalue weighted by atomic mass is 9.99. The number of benzene rings is 3. The average Bonchev–Trinajstić information content (AvgIpc) is 2.97. The largest absolute Gasteiger partial charge is 0.495 e. The summed E-state index contributed by atoms with van der Waals surface area (Å²) in [7, 11) is 1.32. The van der Waals surface area contributed by atoms with Gasteiger partial charge in [-0.05, 0) is 43.3 Å². The SMILES string of the molecule is COc1ccc(C(=N)c2c(N)ncnc2NC(C)c2nc3ccccc3c(=O)n2-c2ccccc2)c(F)c1C#N. The van der Waals surface area contributed by atoms with Crippen LogP contribution in [0.1, 0.15) is 35.5 Å². The summed E-state index contributed by atoms with van der Waals surface area (Å²) < 4.78 is 21.9. The predicted octanol–water partition coefficient (Wildman–Crippen LogP) is 4.37. The fourth-order valence-corrected chi connectivity index (χ4v) is 4.45. The minimum atomic E-state index is -0.928. The first-order chi connectivity index (χ1) is 19.3. The molecule has 0 bridgehead atoms. The monoisotopic (exact) mass is 534 g/mol. The number of methoxy groups -OCH3 is 1. The van der Waals surface area contributed by atoms with Crippen LogP contribution in [0.25, 0.3) is 16.6 Å². The molecule has 0 spiro atoms. The van der Waals surface area contributed by atoms with Crippen LogP contribution in [-0.2, 0) is 0 Å². The molecule has 0 radical (unpaired) electrons. The normalized spacial score (nSPS) is 11.6. The van der Waals surface area contributed by atoms with Gasteiger partial charge in [0.1, 0.15) is 41.2 Å². The van der Waals surface area contributed by atoms with Crippen molar-refractivity contribution in [3.05, 3.63) is 112 Å². The van der Waals surface area contributed by atoms with E-state index in [1.54, 1.807) is 49.4 Å². The number of ether oxygens (including phenoxy) is 1. The summed E-state index contributed by atoms with van der Waals surface area (Å²) in [6.45, 7) is 1.78. The number of hydrogen-bond donors (Lipinski definition) is 3. The Labute approximate surface area is 228 Å². The van der Waals surface area contributed by atoms with E-state index >= 15 is 4.39 Å². The molecular formula is C29H23FN8O2. The molecule has 3 aromatic carbocycles. The lowest BCUT2D eigenvalue weighted by Crippen LogP contribution is -2.28. The molecule has 0 saturated carbocycles. The number of halogens is 1. The average molecular weight is 535 g/mol. The predicted molar refractivity (Wildman–Crippen MR) is 149 cm³/mol. The maximum Gasteiger partial charge on any atom is 0.266 e. The first-order valence-corrected chi connectivity index (χ1v) is 12.2. The Balaban J connectivity index is 1.62. The number of nitrogen functional groups attached to an aromatic ring is 1. The highest BCUT2D eigenvalue weighted by atomic mass is 19.1. The second-order valence-electron chi connectivity index (χ2n) is 8.80. The number of anilines is 2. The third-order valence-corrected chi connectivity index (χ3v) is 6.39. The lowest BCUT2D eigenvalue weighted by molar-refractivity contribution is 0.409. The van der Waals surface area contributed by atoms with Crippen LogP contribution in [0.2, 0.25) is 0 Å². The quantitative estimate of drug-likeness (QED) is 0.260. The maximum absolute atomic E-state index is 15.3. The van der Waals surface area contributed by atoms with E-state index in [1.165, 1.54) is 30.1 Å². The number of nitrogens with one attached hydrogen (secondary N) is 2. The summed E-state index contributed by atoms with van der Waals surface area (Å²) in [5.74, 6) is -0.451. The first-order valence-electron chi connectivity index (χ1n) is 12.2. The molecule has 2 aromatic heterocycles. The van der Waals surface area contributed by atoms with Gasteiger partial charge in [0.2, 0.25) is 0 Å². The number of nitrogens with zero attached hydrogens (tertiary/aromatic N) is 5. The van der Waals surface area contributed by atoms with Crippen LogP contribution in [0, 0.1) is 22.6 Å². The third kappa shape index (κ3) is 4.48. The molecule has 0 aliphatic carbocycles. The zero-order chi connectivity index (χ0) is 28.4. The summed E-state index contributed by atoms with van der Waals surface area (Å²) in [4.78, 5) is 26.7. The summed E-state index contributed by atoms with van der Waals surface area (Å²) in [5, 5.41) is 21.9. The van der Waals surface area contributed by atoms with Gasteiger partial charge in [-0.15, -0.1) is 0 Å². The van der Waals surface area contributed by atoms with Gasteiger partial charge in [0, 0.05) is 5.56 Å². The van der Waals surface area contributed by atoms with E-state index in [1.807, 2.05) is 18.2 Å². The Bertz CT molecular complexity index is 1870. The Morgan fingerprint density at radius 2 is 1.85 bits per heavy atom. The molecule has 1 unspecified atom stereocenters. The molecule has 4 N–H and O–H groups in total. The van der Waals surface area contributed by atoms with Crippen molar-refractivity contribution in [1.82, 2.24) is 19.5 Å². The third-order valence-electron chi connectivity index (χ3n) is 6.39. The Morgan fingerprint density at radius 1 is 1.12 bits per heavy atom. The van der Waals surface area contributed by atoms with Gasteiger partial charge in [0.15, 0.2) is 5.82 Å². The van der Waals surface area contributed by atoms with E-state index < -0.39 is 11.9 Å². The number of aromatic nitrogens is 4. The van der Waals surface area contributed by atoms with Crippen molar-refractivity contribution >= 4 is 28.3 Å². The minimum Gasteiger partial charge on any atom is -0.495 e. The van der Waals surface area contributed by atoms with Crippen LogP contribution < -0.4 is 21.3 Å². The van der Waals surface area contributed by atoms with Crippen molar-refractivity contribution in [3.8, 4) is 17.5 Å². The van der Waals surface area contributed by atoms with Gasteiger partial charge in [-0.2, -0.15) is 5.26 Å². The molecular weight excluding hydrogens is 511 g/mol. The highest BCUT2D eigenvalue weighted by Crippen LogP contribution is 2.30. The smallest absolute Gasteiger partial charge is 0.266 e. The molecule has 1 atom stereocenters. The van der Waals surface area contributed by atoms with Crippen LogP contribution in [0.3, 0.4) is 0 Å². The molecule has 0 fully saturated rings. The minimum absolute atomic E-state index is 0.0247. The van der Waals surface area contributed by atoms with Crippen molar-refractivity contribution in [2.45, 2.75) is 13.0 Å². The van der Waals surface area contributed by atoms with Crippen LogP contribution >= 0.6 is 0 Å². The van der Waals surface area contributed by atoms with E-state index in [-0.39, 0.29) is 45.3 Å². The molecule has 10 nitrogen and oxygen atoms in total. The summed E-state index contributed by atoms with van der Waals surface area (Å²) in [6, 6.07) is 20.0. The number of nitriles is 1. The molecule has 2 heterocycles. The van der Waals surface area contributed by atoms with Crippen LogP contribution in [0.5, 0.6) is 5.75 Å². The summed E-state index contributed by atoms with van der Waals surface area (Å²) in [5.41, 5.74) is 6.21. The molecule has 11 heteroatoms. The van der Waals surface area contributed by atoms with Crippen molar-refractivity contribution in [3.63, 3.8) is 0 Å². The molecule has 0 aliphatic rings. The zero-order valence-corrected chi connectivity index (χ0v) is 21.5. The van der Waals surface area contributed by atoms with Crippen LogP contribution in [-0.4, -0.2) is 32.3 Å². The second-order valence-corrected chi connectivity index (χ2v) is 8.80. The first kappa shape index (κ1) is 26.0. The fourth-order valence-electron chi connectivity index (χ4n) is 4.45. The molecule has 5 rings (SSSR count). The van der Waals surface area contributed by atoms with Crippen LogP contribution in [0.15, 0.2) is 77.9 Å². The molecule has 0 aliphatic heterocycles. The summed E-state index contributed by atoms with van der Waals surface area (Å²) >= 11 is 0. The molecule has 0 saturated heterocycles. The van der Waals surface area contributed by atoms with E-state index in [0.717, 1.165) is 0 Å². The van der Waals surface area contributed by atoms with Crippen molar-refractivity contribution in [1.29, 1.82) is 10.7 Å². The Hall–Kier alpha value is -5.63. The standard InChI is InChI=1S/C29H23FN8O2/c1-16(28-37-21-11-7-6-10-18(21)29(39)38(28)17-8-4-3-5-9-17)36-27-23(26(33)34-15-35-27)25(32)19-12-13-22(40-2)20(14-31)24(19)30/h3-13,15-16,32H,1-2H3,(H3,33,34,35,36).